The number of benzene rings is 2. The van der Waals surface area contributed by atoms with Crippen LogP contribution in [0.4, 0.5) is 21.5 Å². The van der Waals surface area contributed by atoms with Crippen molar-refractivity contribution in [3.05, 3.63) is 76.5 Å². The third kappa shape index (κ3) is 5.08. The molecule has 0 aliphatic heterocycles. The number of nitro groups is 1. The van der Waals surface area contributed by atoms with Crippen LogP contribution in [0.2, 0.25) is 0 Å². The maximum absolute atomic E-state index is 10.8. The molecule has 0 saturated heterocycles. The van der Waals surface area contributed by atoms with Gasteiger partial charge >= 0.3 is 10.1 Å². The Hall–Kier alpha value is -2.84. The van der Waals surface area contributed by atoms with Crippen LogP contribution in [0.25, 0.3) is 0 Å². The van der Waals surface area contributed by atoms with E-state index in [4.69, 9.17) is 0 Å². The lowest BCUT2D eigenvalue weighted by Crippen LogP contribution is -3.00. The van der Waals surface area contributed by atoms with Crippen molar-refractivity contribution in [1.29, 1.82) is 0 Å². The second-order valence-corrected chi connectivity index (χ2v) is 6.29. The van der Waals surface area contributed by atoms with Crippen LogP contribution in [0, 0.1) is 10.1 Å². The van der Waals surface area contributed by atoms with Crippen LogP contribution in [0.3, 0.4) is 0 Å². The molecule has 0 aliphatic rings. The Balaban J connectivity index is 0.00000243. The van der Waals surface area contributed by atoms with Crippen LogP contribution in [-0.4, -0.2) is 4.92 Å². The summed E-state index contributed by atoms with van der Waals surface area (Å²) in [5.74, 6) is 0. The van der Waals surface area contributed by atoms with Crippen LogP contribution < -0.4 is 22.3 Å². The molecule has 0 bridgehead atoms. The summed E-state index contributed by atoms with van der Waals surface area (Å²) in [6.07, 6.45) is 1.43. The Morgan fingerprint density at radius 1 is 1.12 bits per heavy atom. The molecule has 0 fully saturated rings. The van der Waals surface area contributed by atoms with Gasteiger partial charge in [0, 0.05) is 23.6 Å². The molecular formula is C17H16ClN5O2S. The summed E-state index contributed by atoms with van der Waals surface area (Å²) < 4.78 is 1.59. The number of anilines is 1. The third-order valence-electron chi connectivity index (χ3n) is 3.44. The van der Waals surface area contributed by atoms with Crippen LogP contribution in [0.15, 0.2) is 71.0 Å². The quantitative estimate of drug-likeness (QED) is 0.300. The minimum atomic E-state index is -0.434. The molecule has 0 amide bonds. The largest absolute Gasteiger partial charge is 1.00 e. The van der Waals surface area contributed by atoms with E-state index in [1.165, 1.54) is 11.8 Å². The molecule has 0 saturated carbocycles. The van der Waals surface area contributed by atoms with E-state index in [1.807, 2.05) is 42.5 Å². The number of rotatable bonds is 6. The molecule has 0 radical (unpaired) electrons. The molecule has 1 aromatic heterocycles. The zero-order chi connectivity index (χ0) is 17.6. The first-order chi connectivity index (χ1) is 12.1. The fraction of sp³-hybridized carbons (Fsp3) is 0.118. The van der Waals surface area contributed by atoms with Gasteiger partial charge in [0.2, 0.25) is 0 Å². The monoisotopic (exact) mass is 389 g/mol. The average molecular weight is 390 g/mol. The highest BCUT2D eigenvalue weighted by Crippen LogP contribution is 2.27. The molecule has 26 heavy (non-hydrogen) atoms. The Labute approximate surface area is 160 Å². The summed E-state index contributed by atoms with van der Waals surface area (Å²) in [6, 6.07) is 17.7. The van der Waals surface area contributed by atoms with Crippen molar-refractivity contribution in [2.45, 2.75) is 6.54 Å². The normalized spacial score (nSPS) is 10.5. The van der Waals surface area contributed by atoms with Gasteiger partial charge in [-0.1, -0.05) is 30.3 Å². The second kappa shape index (κ2) is 9.02. The maximum atomic E-state index is 10.8. The Morgan fingerprint density at radius 2 is 1.81 bits per heavy atom. The fourth-order valence-corrected chi connectivity index (χ4v) is 2.89. The van der Waals surface area contributed by atoms with Crippen LogP contribution in [0.5, 0.6) is 0 Å². The smallest absolute Gasteiger partial charge is 0.414 e. The van der Waals surface area contributed by atoms with E-state index in [0.717, 1.165) is 23.6 Å². The Morgan fingerprint density at radius 3 is 2.42 bits per heavy atom. The first-order valence-electron chi connectivity index (χ1n) is 7.55. The maximum Gasteiger partial charge on any atom is 0.414 e. The molecule has 0 unspecified atom stereocenters. The van der Waals surface area contributed by atoms with Gasteiger partial charge < -0.3 is 17.7 Å². The van der Waals surface area contributed by atoms with Crippen molar-refractivity contribution in [1.82, 2.24) is 0 Å². The molecule has 134 valence electrons. The van der Waals surface area contributed by atoms with Crippen LogP contribution >= 0.6 is 11.3 Å². The number of hydrogen-bond acceptors (Lipinski definition) is 6. The number of azo groups is 1. The summed E-state index contributed by atoms with van der Waals surface area (Å²) in [5.41, 5.74) is 2.87. The Kier molecular flexibility index (Phi) is 6.76. The van der Waals surface area contributed by atoms with Gasteiger partial charge in [-0.2, -0.15) is 0 Å². The zero-order valence-corrected chi connectivity index (χ0v) is 15.4. The summed E-state index contributed by atoms with van der Waals surface area (Å²) in [6.45, 7) is 0.746. The van der Waals surface area contributed by atoms with Crippen LogP contribution in [-0.2, 0) is 13.6 Å². The molecule has 3 rings (SSSR count). The molecule has 0 atom stereocenters. The number of aryl methyl sites for hydroxylation is 1. The predicted octanol–water partition coefficient (Wildman–Crippen LogP) is 1.51. The highest BCUT2D eigenvalue weighted by Gasteiger charge is 2.21. The molecule has 0 aliphatic carbocycles. The minimum absolute atomic E-state index is 0. The van der Waals surface area contributed by atoms with Crippen molar-refractivity contribution >= 4 is 32.8 Å². The average Bonchev–Trinajstić information content (AvgIpc) is 3.01. The lowest BCUT2D eigenvalue weighted by molar-refractivity contribution is -0.656. The fourth-order valence-electron chi connectivity index (χ4n) is 2.13. The third-order valence-corrected chi connectivity index (χ3v) is 4.46. The SMILES string of the molecule is C[n+]1cc([N+](=O)[O-])sc1N=Nc1ccc(NCc2ccccc2)cc1.[Cl-]. The van der Waals surface area contributed by atoms with Gasteiger partial charge in [-0.05, 0) is 34.9 Å². The molecule has 1 heterocycles. The summed E-state index contributed by atoms with van der Waals surface area (Å²) in [5, 5.41) is 22.8. The van der Waals surface area contributed by atoms with E-state index >= 15 is 0 Å². The molecule has 7 nitrogen and oxygen atoms in total. The lowest BCUT2D eigenvalue weighted by Gasteiger charge is -2.05. The molecule has 9 heteroatoms. The number of halogens is 1. The summed E-state index contributed by atoms with van der Waals surface area (Å²) in [4.78, 5) is 10.3. The van der Waals surface area contributed by atoms with Gasteiger partial charge in [0.1, 0.15) is 5.69 Å². The van der Waals surface area contributed by atoms with Crippen molar-refractivity contribution in [2.24, 2.45) is 17.3 Å². The summed E-state index contributed by atoms with van der Waals surface area (Å²) in [7, 11) is 1.70. The van der Waals surface area contributed by atoms with E-state index in [9.17, 15) is 10.1 Å². The number of nitrogens with zero attached hydrogens (tertiary/aromatic N) is 4. The van der Waals surface area contributed by atoms with E-state index in [-0.39, 0.29) is 17.4 Å². The van der Waals surface area contributed by atoms with Crippen molar-refractivity contribution in [2.75, 3.05) is 5.32 Å². The predicted molar refractivity (Wildman–Crippen MR) is 96.5 cm³/mol. The van der Waals surface area contributed by atoms with Gasteiger partial charge in [-0.25, -0.2) is 4.57 Å². The van der Waals surface area contributed by atoms with E-state index in [2.05, 4.69) is 27.7 Å². The summed E-state index contributed by atoms with van der Waals surface area (Å²) >= 11 is 0.987. The lowest BCUT2D eigenvalue weighted by atomic mass is 10.2. The van der Waals surface area contributed by atoms with Gasteiger partial charge in [-0.3, -0.25) is 10.1 Å². The number of nitrogens with one attached hydrogen (secondary N) is 1. The van der Waals surface area contributed by atoms with Crippen molar-refractivity contribution < 1.29 is 21.9 Å². The first kappa shape index (κ1) is 19.5. The topological polar surface area (TPSA) is 83.8 Å². The standard InChI is InChI=1S/C17H15N5O2S.ClH/c1-21-12-16(22(23)24)25-17(21)20-19-15-9-7-14(8-10-15)18-11-13-5-3-2-4-6-13;/h2-10,12H,11H2,1H3;1H. The number of hydrogen-bond donors (Lipinski definition) is 1. The minimum Gasteiger partial charge on any atom is -1.00 e. The number of thiazole rings is 1. The van der Waals surface area contributed by atoms with E-state index < -0.39 is 4.92 Å². The second-order valence-electron chi connectivity index (χ2n) is 5.31. The van der Waals surface area contributed by atoms with Gasteiger partial charge in [0.15, 0.2) is 6.20 Å². The molecule has 2 aromatic carbocycles. The zero-order valence-electron chi connectivity index (χ0n) is 13.9. The highest BCUT2D eigenvalue weighted by atomic mass is 35.5. The van der Waals surface area contributed by atoms with E-state index in [1.54, 1.807) is 11.6 Å². The molecule has 0 spiro atoms. The van der Waals surface area contributed by atoms with Crippen LogP contribution in [0.1, 0.15) is 5.56 Å². The Bertz CT molecular complexity index is 897. The van der Waals surface area contributed by atoms with Crippen molar-refractivity contribution in [3.8, 4) is 0 Å². The molecule has 3 aromatic rings. The van der Waals surface area contributed by atoms with Gasteiger partial charge in [0.25, 0.3) is 0 Å². The van der Waals surface area contributed by atoms with Gasteiger partial charge in [0.05, 0.1) is 17.1 Å². The number of aromatic nitrogens is 1. The molecular weight excluding hydrogens is 374 g/mol. The van der Waals surface area contributed by atoms with Gasteiger partial charge in [-0.15, -0.1) is 0 Å². The first-order valence-corrected chi connectivity index (χ1v) is 8.37. The van der Waals surface area contributed by atoms with E-state index in [0.29, 0.717) is 10.8 Å². The molecule has 1 N–H and O–H groups in total. The highest BCUT2D eigenvalue weighted by molar-refractivity contribution is 7.17. The van der Waals surface area contributed by atoms with Crippen molar-refractivity contribution in [3.63, 3.8) is 0 Å².